The smallest absolute Gasteiger partial charge is 0.261 e. The number of aryl methyl sites for hydroxylation is 1. The van der Waals surface area contributed by atoms with E-state index in [9.17, 15) is 17.6 Å². The van der Waals surface area contributed by atoms with Crippen LogP contribution in [0.15, 0.2) is 70.2 Å². The molecule has 3 rings (SSSR count). The van der Waals surface area contributed by atoms with Crippen molar-refractivity contribution in [2.24, 2.45) is 0 Å². The Morgan fingerprint density at radius 2 is 1.90 bits per heavy atom. The second kappa shape index (κ2) is 8.78. The largest absolute Gasteiger partial charge is 0.484 e. The molecule has 0 aliphatic heterocycles. The lowest BCUT2D eigenvalue weighted by molar-refractivity contribution is -0.123. The number of nitrogens with one attached hydrogen (secondary N) is 2. The summed E-state index contributed by atoms with van der Waals surface area (Å²) in [6.07, 6.45) is 1.52. The van der Waals surface area contributed by atoms with Crippen molar-refractivity contribution < 1.29 is 26.8 Å². The van der Waals surface area contributed by atoms with Gasteiger partial charge in [0.1, 0.15) is 17.3 Å². The van der Waals surface area contributed by atoms with Crippen molar-refractivity contribution in [3.05, 3.63) is 78.0 Å². The molecule has 1 aromatic heterocycles. The summed E-state index contributed by atoms with van der Waals surface area (Å²) in [6, 6.07) is 12.7. The van der Waals surface area contributed by atoms with Crippen LogP contribution in [0.2, 0.25) is 0 Å². The Morgan fingerprint density at radius 3 is 2.55 bits per heavy atom. The molecule has 2 aromatic carbocycles. The van der Waals surface area contributed by atoms with Gasteiger partial charge in [-0.05, 0) is 67.1 Å². The van der Waals surface area contributed by atoms with E-state index in [0.717, 1.165) is 12.1 Å². The first-order valence-corrected chi connectivity index (χ1v) is 10.1. The Bertz CT molecular complexity index is 1080. The number of carbonyl (C=O) groups excluding carboxylic acids is 1. The molecule has 0 fully saturated rings. The average Bonchev–Trinajstić information content (AvgIpc) is 3.20. The zero-order chi connectivity index (χ0) is 20.9. The number of benzene rings is 2. The van der Waals surface area contributed by atoms with Gasteiger partial charge >= 0.3 is 0 Å². The van der Waals surface area contributed by atoms with Crippen molar-refractivity contribution in [2.45, 2.75) is 18.4 Å². The van der Waals surface area contributed by atoms with Crippen LogP contribution in [0.4, 0.5) is 10.1 Å². The Morgan fingerprint density at radius 1 is 1.14 bits per heavy atom. The molecule has 0 spiro atoms. The fraction of sp³-hybridized carbons (Fsp3) is 0.150. The van der Waals surface area contributed by atoms with Crippen LogP contribution < -0.4 is 14.8 Å². The summed E-state index contributed by atoms with van der Waals surface area (Å²) in [4.78, 5) is 11.9. The first kappa shape index (κ1) is 20.4. The van der Waals surface area contributed by atoms with Crippen LogP contribution in [0.1, 0.15) is 11.3 Å². The molecule has 0 bridgehead atoms. The molecular weight excluding hydrogens is 399 g/mol. The molecule has 0 saturated heterocycles. The lowest BCUT2D eigenvalue weighted by Crippen LogP contribution is -2.28. The molecule has 3 aromatic rings. The second-order valence-electron chi connectivity index (χ2n) is 6.18. The minimum atomic E-state index is -3.85. The van der Waals surface area contributed by atoms with E-state index in [1.807, 2.05) is 0 Å². The molecule has 0 saturated carbocycles. The van der Waals surface area contributed by atoms with Crippen LogP contribution in [0.25, 0.3) is 0 Å². The van der Waals surface area contributed by atoms with Crippen LogP contribution in [0, 0.1) is 12.7 Å². The van der Waals surface area contributed by atoms with Crippen LogP contribution in [-0.2, 0) is 21.4 Å². The molecule has 0 aliphatic rings. The normalized spacial score (nSPS) is 11.1. The summed E-state index contributed by atoms with van der Waals surface area (Å²) >= 11 is 0. The average molecular weight is 418 g/mol. The molecule has 0 aliphatic carbocycles. The summed E-state index contributed by atoms with van der Waals surface area (Å²) in [5, 5.41) is 2.65. The van der Waals surface area contributed by atoms with Crippen LogP contribution >= 0.6 is 0 Å². The fourth-order valence-corrected chi connectivity index (χ4v) is 3.62. The predicted molar refractivity (Wildman–Crippen MR) is 104 cm³/mol. The lowest BCUT2D eigenvalue weighted by atomic mass is 10.2. The van der Waals surface area contributed by atoms with Gasteiger partial charge < -0.3 is 14.5 Å². The Hall–Kier alpha value is -3.33. The Kier molecular flexibility index (Phi) is 6.18. The van der Waals surface area contributed by atoms with E-state index in [0.29, 0.717) is 17.1 Å². The van der Waals surface area contributed by atoms with Crippen molar-refractivity contribution in [1.82, 2.24) is 5.32 Å². The first-order chi connectivity index (χ1) is 13.8. The van der Waals surface area contributed by atoms with E-state index < -0.39 is 15.8 Å². The van der Waals surface area contributed by atoms with E-state index >= 15 is 0 Å². The van der Waals surface area contributed by atoms with Gasteiger partial charge in [-0.15, -0.1) is 0 Å². The number of hydrogen-bond acceptors (Lipinski definition) is 5. The van der Waals surface area contributed by atoms with Crippen molar-refractivity contribution in [1.29, 1.82) is 0 Å². The standard InChI is InChI=1S/C20H19FN2O5S/c1-14-11-18(29(25,26)23-16-6-4-15(21)5-7-16)8-9-19(14)28-13-20(24)22-12-17-3-2-10-27-17/h2-11,23H,12-13H2,1H3,(H,22,24). The predicted octanol–water partition coefficient (Wildman–Crippen LogP) is 3.22. The molecule has 29 heavy (non-hydrogen) atoms. The molecule has 2 N–H and O–H groups in total. The van der Waals surface area contributed by atoms with Gasteiger partial charge in [-0.1, -0.05) is 0 Å². The highest BCUT2D eigenvalue weighted by atomic mass is 32.2. The summed E-state index contributed by atoms with van der Waals surface area (Å²) in [5.74, 6) is 0.214. The van der Waals surface area contributed by atoms with E-state index in [-0.39, 0.29) is 29.6 Å². The monoisotopic (exact) mass is 418 g/mol. The Labute approximate surface area is 167 Å². The minimum Gasteiger partial charge on any atom is -0.484 e. The van der Waals surface area contributed by atoms with Gasteiger partial charge in [0.2, 0.25) is 0 Å². The van der Waals surface area contributed by atoms with Gasteiger partial charge in [-0.25, -0.2) is 12.8 Å². The van der Waals surface area contributed by atoms with Crippen molar-refractivity contribution >= 4 is 21.6 Å². The van der Waals surface area contributed by atoms with Gasteiger partial charge in [0.25, 0.3) is 15.9 Å². The molecule has 1 heterocycles. The van der Waals surface area contributed by atoms with Gasteiger partial charge in [0.15, 0.2) is 6.61 Å². The highest BCUT2D eigenvalue weighted by Gasteiger charge is 2.16. The summed E-state index contributed by atoms with van der Waals surface area (Å²) < 4.78 is 50.9. The SMILES string of the molecule is Cc1cc(S(=O)(=O)Nc2ccc(F)cc2)ccc1OCC(=O)NCc1ccco1. The van der Waals surface area contributed by atoms with Gasteiger partial charge in [0.05, 0.1) is 17.7 Å². The third-order valence-corrected chi connectivity index (χ3v) is 5.33. The number of rotatable bonds is 8. The number of anilines is 1. The zero-order valence-corrected chi connectivity index (χ0v) is 16.3. The summed E-state index contributed by atoms with van der Waals surface area (Å²) in [7, 11) is -3.85. The number of carbonyl (C=O) groups is 1. The van der Waals surface area contributed by atoms with Crippen LogP contribution in [0.5, 0.6) is 5.75 Å². The zero-order valence-electron chi connectivity index (χ0n) is 15.5. The van der Waals surface area contributed by atoms with E-state index in [1.54, 1.807) is 19.1 Å². The summed E-state index contributed by atoms with van der Waals surface area (Å²) in [5.41, 5.74) is 0.795. The number of ether oxygens (including phenoxy) is 1. The summed E-state index contributed by atoms with van der Waals surface area (Å²) in [6.45, 7) is 1.70. The highest BCUT2D eigenvalue weighted by Crippen LogP contribution is 2.23. The van der Waals surface area contributed by atoms with E-state index in [1.165, 1.54) is 36.6 Å². The van der Waals surface area contributed by atoms with Gasteiger partial charge in [-0.2, -0.15) is 0 Å². The van der Waals surface area contributed by atoms with Crippen molar-refractivity contribution in [2.75, 3.05) is 11.3 Å². The molecular formula is C20H19FN2O5S. The third-order valence-electron chi connectivity index (χ3n) is 3.95. The quantitative estimate of drug-likeness (QED) is 0.585. The van der Waals surface area contributed by atoms with E-state index in [2.05, 4.69) is 10.0 Å². The maximum absolute atomic E-state index is 13.0. The number of sulfonamides is 1. The Balaban J connectivity index is 1.60. The number of amides is 1. The van der Waals surface area contributed by atoms with Crippen LogP contribution in [-0.4, -0.2) is 20.9 Å². The number of hydrogen-bond donors (Lipinski definition) is 2. The van der Waals surface area contributed by atoms with Crippen LogP contribution in [0.3, 0.4) is 0 Å². The van der Waals surface area contributed by atoms with Crippen molar-refractivity contribution in [3.8, 4) is 5.75 Å². The molecule has 0 radical (unpaired) electrons. The number of halogens is 1. The first-order valence-electron chi connectivity index (χ1n) is 8.64. The molecule has 152 valence electrons. The maximum Gasteiger partial charge on any atom is 0.261 e. The molecule has 0 unspecified atom stereocenters. The molecule has 9 heteroatoms. The molecule has 1 amide bonds. The van der Waals surface area contributed by atoms with Gasteiger partial charge in [0, 0.05) is 5.69 Å². The van der Waals surface area contributed by atoms with Gasteiger partial charge in [-0.3, -0.25) is 9.52 Å². The lowest BCUT2D eigenvalue weighted by Gasteiger charge is -2.12. The topological polar surface area (TPSA) is 97.6 Å². The minimum absolute atomic E-state index is 0.0222. The highest BCUT2D eigenvalue weighted by molar-refractivity contribution is 7.92. The van der Waals surface area contributed by atoms with Crippen molar-refractivity contribution in [3.63, 3.8) is 0 Å². The third kappa shape index (κ3) is 5.58. The molecule has 7 nitrogen and oxygen atoms in total. The molecule has 0 atom stereocenters. The second-order valence-corrected chi connectivity index (χ2v) is 7.87. The van der Waals surface area contributed by atoms with E-state index in [4.69, 9.17) is 9.15 Å². The number of furan rings is 1. The fourth-order valence-electron chi connectivity index (χ4n) is 2.48. The maximum atomic E-state index is 13.0.